The van der Waals surface area contributed by atoms with Gasteiger partial charge in [0, 0.05) is 7.11 Å². The van der Waals surface area contributed by atoms with Crippen LogP contribution in [0.1, 0.15) is 40.0 Å². The molecule has 0 aromatic heterocycles. The van der Waals surface area contributed by atoms with E-state index in [0.29, 0.717) is 0 Å². The first kappa shape index (κ1) is 10.0. The van der Waals surface area contributed by atoms with Crippen LogP contribution in [-0.4, -0.2) is 12.7 Å². The third-order valence-electron chi connectivity index (χ3n) is 3.30. The fourth-order valence-corrected chi connectivity index (χ4v) is 1.89. The zero-order valence-corrected chi connectivity index (χ0v) is 8.76. The molecule has 0 spiro atoms. The van der Waals surface area contributed by atoms with E-state index in [2.05, 4.69) is 27.2 Å². The van der Waals surface area contributed by atoms with Crippen LogP contribution in [0.2, 0.25) is 0 Å². The standard InChI is InChI=1S/C11H21O/c1-9-5-7-10(8-6-9)11(2,3)12-4/h5,9-10H,6-8H2,1-4H3/t9-,10-/m1/s1. The molecule has 0 aliphatic heterocycles. The van der Waals surface area contributed by atoms with Crippen molar-refractivity contribution in [3.63, 3.8) is 0 Å². The Morgan fingerprint density at radius 3 is 2.42 bits per heavy atom. The van der Waals surface area contributed by atoms with Gasteiger partial charge >= 0.3 is 0 Å². The van der Waals surface area contributed by atoms with Crippen molar-refractivity contribution in [1.29, 1.82) is 0 Å². The number of methoxy groups -OCH3 is 1. The van der Waals surface area contributed by atoms with Gasteiger partial charge in [-0.3, -0.25) is 0 Å². The SMILES string of the molecule is COC(C)(C)[C@@H]1C[CH][C@@H](C)CC1. The largest absolute Gasteiger partial charge is 0.379 e. The lowest BCUT2D eigenvalue weighted by atomic mass is 9.75. The van der Waals surface area contributed by atoms with E-state index in [1.54, 1.807) is 0 Å². The summed E-state index contributed by atoms with van der Waals surface area (Å²) < 4.78 is 5.49. The molecule has 2 atom stereocenters. The molecule has 1 aliphatic carbocycles. The normalized spacial score (nSPS) is 32.0. The molecule has 0 unspecified atom stereocenters. The summed E-state index contributed by atoms with van der Waals surface area (Å²) in [7, 11) is 1.82. The average Bonchev–Trinajstić information content (AvgIpc) is 2.05. The molecule has 0 bridgehead atoms. The van der Waals surface area contributed by atoms with Crippen molar-refractivity contribution in [1.82, 2.24) is 0 Å². The Balaban J connectivity index is 2.44. The maximum atomic E-state index is 5.49. The van der Waals surface area contributed by atoms with E-state index in [9.17, 15) is 0 Å². The summed E-state index contributed by atoms with van der Waals surface area (Å²) >= 11 is 0. The van der Waals surface area contributed by atoms with Crippen LogP contribution in [0.4, 0.5) is 0 Å². The summed E-state index contributed by atoms with van der Waals surface area (Å²) in [5.74, 6) is 1.53. The van der Waals surface area contributed by atoms with Crippen LogP contribution in [0.3, 0.4) is 0 Å². The molecule has 71 valence electrons. The van der Waals surface area contributed by atoms with Gasteiger partial charge in [-0.15, -0.1) is 0 Å². The van der Waals surface area contributed by atoms with Gasteiger partial charge in [0.2, 0.25) is 0 Å². The summed E-state index contributed by atoms with van der Waals surface area (Å²) in [6.45, 7) is 6.69. The van der Waals surface area contributed by atoms with Crippen LogP contribution in [0, 0.1) is 18.3 Å². The van der Waals surface area contributed by atoms with Crippen molar-refractivity contribution in [3.8, 4) is 0 Å². The molecule has 1 nitrogen and oxygen atoms in total. The van der Waals surface area contributed by atoms with Crippen LogP contribution in [0.5, 0.6) is 0 Å². The summed E-state index contributed by atoms with van der Waals surface area (Å²) in [6.07, 6.45) is 6.31. The van der Waals surface area contributed by atoms with Crippen LogP contribution < -0.4 is 0 Å². The summed E-state index contributed by atoms with van der Waals surface area (Å²) in [4.78, 5) is 0. The van der Waals surface area contributed by atoms with Crippen LogP contribution in [0.25, 0.3) is 0 Å². The van der Waals surface area contributed by atoms with Gasteiger partial charge in [0.05, 0.1) is 5.60 Å². The van der Waals surface area contributed by atoms with E-state index in [-0.39, 0.29) is 5.60 Å². The predicted molar refractivity (Wildman–Crippen MR) is 51.9 cm³/mol. The van der Waals surface area contributed by atoms with Crippen molar-refractivity contribution >= 4 is 0 Å². The van der Waals surface area contributed by atoms with E-state index in [1.807, 2.05) is 7.11 Å². The molecule has 1 aliphatic rings. The molecule has 0 aromatic carbocycles. The van der Waals surface area contributed by atoms with Crippen molar-refractivity contribution in [3.05, 3.63) is 6.42 Å². The van der Waals surface area contributed by atoms with Gasteiger partial charge < -0.3 is 4.74 Å². The minimum Gasteiger partial charge on any atom is -0.379 e. The van der Waals surface area contributed by atoms with E-state index in [4.69, 9.17) is 4.74 Å². The smallest absolute Gasteiger partial charge is 0.0650 e. The van der Waals surface area contributed by atoms with E-state index in [0.717, 1.165) is 11.8 Å². The topological polar surface area (TPSA) is 9.23 Å². The quantitative estimate of drug-likeness (QED) is 0.617. The second-order valence-corrected chi connectivity index (χ2v) is 4.53. The highest BCUT2D eigenvalue weighted by Gasteiger charge is 2.31. The first-order valence-corrected chi connectivity index (χ1v) is 4.94. The van der Waals surface area contributed by atoms with Crippen molar-refractivity contribution in [2.45, 2.75) is 45.6 Å². The number of hydrogen-bond donors (Lipinski definition) is 0. The van der Waals surface area contributed by atoms with Crippen molar-refractivity contribution < 1.29 is 4.74 Å². The fraction of sp³-hybridized carbons (Fsp3) is 0.909. The van der Waals surface area contributed by atoms with Gasteiger partial charge in [-0.25, -0.2) is 0 Å². The van der Waals surface area contributed by atoms with Gasteiger partial charge in [0.15, 0.2) is 0 Å². The molecular weight excluding hydrogens is 148 g/mol. The minimum absolute atomic E-state index is 0.0661. The van der Waals surface area contributed by atoms with E-state index < -0.39 is 0 Å². The molecule has 1 fully saturated rings. The highest BCUT2D eigenvalue weighted by molar-refractivity contribution is 4.90. The molecule has 1 radical (unpaired) electrons. The fourth-order valence-electron chi connectivity index (χ4n) is 1.89. The Hall–Kier alpha value is -0.0400. The Morgan fingerprint density at radius 1 is 1.33 bits per heavy atom. The molecule has 1 heteroatoms. The van der Waals surface area contributed by atoms with Crippen molar-refractivity contribution in [2.75, 3.05) is 7.11 Å². The van der Waals surface area contributed by atoms with Gasteiger partial charge in [-0.05, 0) is 44.9 Å². The maximum Gasteiger partial charge on any atom is 0.0650 e. The summed E-state index contributed by atoms with van der Waals surface area (Å²) in [5, 5.41) is 0. The lowest BCUT2D eigenvalue weighted by Gasteiger charge is -2.37. The molecule has 0 aromatic rings. The van der Waals surface area contributed by atoms with Gasteiger partial charge in [-0.1, -0.05) is 13.3 Å². The zero-order valence-electron chi connectivity index (χ0n) is 8.76. The molecule has 0 amide bonds. The molecule has 0 N–H and O–H groups in total. The third-order valence-corrected chi connectivity index (χ3v) is 3.30. The van der Waals surface area contributed by atoms with Gasteiger partial charge in [0.25, 0.3) is 0 Å². The molecular formula is C11H21O. The highest BCUT2D eigenvalue weighted by atomic mass is 16.5. The maximum absolute atomic E-state index is 5.49. The average molecular weight is 169 g/mol. The van der Waals surface area contributed by atoms with E-state index in [1.165, 1.54) is 19.3 Å². The van der Waals surface area contributed by atoms with E-state index >= 15 is 0 Å². The highest BCUT2D eigenvalue weighted by Crippen LogP contribution is 2.35. The minimum atomic E-state index is 0.0661. The Bertz CT molecular complexity index is 132. The van der Waals surface area contributed by atoms with Gasteiger partial charge in [-0.2, -0.15) is 0 Å². The van der Waals surface area contributed by atoms with Crippen LogP contribution in [0.15, 0.2) is 0 Å². The zero-order chi connectivity index (χ0) is 9.19. The lowest BCUT2D eigenvalue weighted by Crippen LogP contribution is -2.35. The Kier molecular flexibility index (Phi) is 3.16. The predicted octanol–water partition coefficient (Wildman–Crippen LogP) is 3.05. The Morgan fingerprint density at radius 2 is 2.00 bits per heavy atom. The summed E-state index contributed by atoms with van der Waals surface area (Å²) in [5.41, 5.74) is 0.0661. The van der Waals surface area contributed by atoms with Crippen molar-refractivity contribution in [2.24, 2.45) is 11.8 Å². The lowest BCUT2D eigenvalue weighted by molar-refractivity contribution is -0.0375. The number of rotatable bonds is 2. The first-order valence-electron chi connectivity index (χ1n) is 4.94. The Labute approximate surface area is 76.5 Å². The first-order chi connectivity index (χ1) is 5.56. The second kappa shape index (κ2) is 3.78. The monoisotopic (exact) mass is 169 g/mol. The number of hydrogen-bond acceptors (Lipinski definition) is 1. The number of ether oxygens (including phenoxy) is 1. The second-order valence-electron chi connectivity index (χ2n) is 4.53. The third kappa shape index (κ3) is 2.22. The molecule has 1 rings (SSSR count). The molecule has 0 heterocycles. The van der Waals surface area contributed by atoms with Crippen LogP contribution in [-0.2, 0) is 4.74 Å². The molecule has 12 heavy (non-hydrogen) atoms. The van der Waals surface area contributed by atoms with Crippen LogP contribution >= 0.6 is 0 Å². The molecule has 1 saturated carbocycles. The molecule has 0 saturated heterocycles. The van der Waals surface area contributed by atoms with Gasteiger partial charge in [0.1, 0.15) is 0 Å². The summed E-state index contributed by atoms with van der Waals surface area (Å²) in [6, 6.07) is 0.